The normalized spacial score (nSPS) is 19.2. The fraction of sp³-hybridized carbons (Fsp3) is 0.0968. The first-order valence-corrected chi connectivity index (χ1v) is 22.0. The third-order valence-corrected chi connectivity index (χ3v) is 12.5. The van der Waals surface area contributed by atoms with Crippen molar-refractivity contribution in [2.75, 3.05) is 0 Å². The molecule has 1 spiro atoms. The molecule has 3 aliphatic carbocycles. The van der Waals surface area contributed by atoms with Crippen molar-refractivity contribution in [3.8, 4) is 33.4 Å². The molecule has 8 aromatic rings. The zero-order chi connectivity index (χ0) is 42.6. The van der Waals surface area contributed by atoms with Gasteiger partial charge in [-0.2, -0.15) is 0 Å². The first kappa shape index (κ1) is 40.1. The minimum Gasteiger partial charge on any atom is -0.0683 e. The maximum atomic E-state index is 2.46. The third kappa shape index (κ3) is 7.12. The van der Waals surface area contributed by atoms with Gasteiger partial charge in [-0.25, -0.2) is 0 Å². The van der Waals surface area contributed by atoms with Gasteiger partial charge < -0.3 is 0 Å². The molecule has 1 unspecified atom stereocenters. The number of benzene rings is 8. The van der Waals surface area contributed by atoms with Crippen molar-refractivity contribution in [2.24, 2.45) is 0 Å². The maximum absolute atomic E-state index is 2.46. The molecule has 0 bridgehead atoms. The van der Waals surface area contributed by atoms with Gasteiger partial charge in [0, 0.05) is 0 Å². The Hall–Kier alpha value is -7.28. The third-order valence-electron chi connectivity index (χ3n) is 12.5. The first-order valence-electron chi connectivity index (χ1n) is 22.0. The van der Waals surface area contributed by atoms with Crippen molar-refractivity contribution < 1.29 is 0 Å². The fourth-order valence-electron chi connectivity index (χ4n) is 9.67. The van der Waals surface area contributed by atoms with E-state index in [1.165, 1.54) is 105 Å². The second kappa shape index (κ2) is 17.4. The van der Waals surface area contributed by atoms with Gasteiger partial charge in [0.2, 0.25) is 0 Å². The van der Waals surface area contributed by atoms with Crippen molar-refractivity contribution in [3.05, 3.63) is 269 Å². The van der Waals surface area contributed by atoms with Gasteiger partial charge in [0.05, 0.1) is 5.41 Å². The number of allylic oxidation sites excluding steroid dienone is 12. The minimum absolute atomic E-state index is 0.358. The highest BCUT2D eigenvalue weighted by molar-refractivity contribution is 6.00. The molecule has 0 saturated carbocycles. The summed E-state index contributed by atoms with van der Waals surface area (Å²) in [7, 11) is 0. The van der Waals surface area contributed by atoms with Gasteiger partial charge in [0.25, 0.3) is 0 Å². The predicted molar refractivity (Wildman–Crippen MR) is 269 cm³/mol. The average molecular weight is 797 g/mol. The van der Waals surface area contributed by atoms with Crippen LogP contribution in [0, 0.1) is 13.8 Å². The SMILES string of the molecule is CC.CC1=C(c2cc(-c3ccc4c(c3)-c3ccccc3C43c4ccccc4-c4cc5ccccc5cc43)ccc2C)/C=C/C=C\C=C/C=C/C=C\1.Cc1ccc2ccccc2c1. The van der Waals surface area contributed by atoms with Gasteiger partial charge in [-0.05, 0) is 144 Å². The molecule has 0 saturated heterocycles. The number of rotatable bonds is 2. The van der Waals surface area contributed by atoms with Crippen molar-refractivity contribution >= 4 is 27.1 Å². The zero-order valence-electron chi connectivity index (χ0n) is 36.4. The Morgan fingerprint density at radius 3 is 1.47 bits per heavy atom. The summed E-state index contributed by atoms with van der Waals surface area (Å²) in [5.41, 5.74) is 19.2. The molecule has 0 fully saturated rings. The molecule has 0 aromatic heterocycles. The largest absolute Gasteiger partial charge is 0.0725 e. The van der Waals surface area contributed by atoms with Gasteiger partial charge >= 0.3 is 0 Å². The number of aryl methyl sites for hydroxylation is 2. The van der Waals surface area contributed by atoms with Gasteiger partial charge in [0.1, 0.15) is 0 Å². The van der Waals surface area contributed by atoms with Gasteiger partial charge in [0.15, 0.2) is 0 Å². The maximum Gasteiger partial charge on any atom is 0.0725 e. The van der Waals surface area contributed by atoms with Crippen LogP contribution in [-0.2, 0) is 5.41 Å². The standard InChI is InChI=1S/C49H36.C11H10.C2H6/c1-33-17-9-7-5-3-4-6-8-10-20-39(33)42-29-37(26-25-34(42)2)38-27-28-47-43(31-38)40-21-13-15-23-45(40)49(47)46-24-16-14-22-41(46)44-30-35-18-11-12-19-36(35)32-48(44)49;1-9-6-7-10-4-2-3-5-11(10)8-9;1-2/h3-32H,1-2H3;2-8H,1H3;1-2H3/b4-3-,5-3?,6-4?,7-5+,8-6-,9-7?,10-8?,17-9-,20-10+,33-17?,39-20?,39-33+;;. The molecule has 11 rings (SSSR count). The Labute approximate surface area is 368 Å². The molecular weight excluding hydrogens is 745 g/mol. The van der Waals surface area contributed by atoms with Crippen molar-refractivity contribution in [2.45, 2.75) is 40.0 Å². The van der Waals surface area contributed by atoms with Crippen LogP contribution in [0.2, 0.25) is 0 Å². The summed E-state index contributed by atoms with van der Waals surface area (Å²) >= 11 is 0. The molecular formula is C62H52. The highest BCUT2D eigenvalue weighted by Crippen LogP contribution is 2.63. The summed E-state index contributed by atoms with van der Waals surface area (Å²) in [4.78, 5) is 0. The monoisotopic (exact) mass is 796 g/mol. The smallest absolute Gasteiger partial charge is 0.0683 e. The van der Waals surface area contributed by atoms with Crippen LogP contribution in [0.3, 0.4) is 0 Å². The van der Waals surface area contributed by atoms with E-state index in [0.29, 0.717) is 0 Å². The molecule has 8 aromatic carbocycles. The van der Waals surface area contributed by atoms with E-state index < -0.39 is 0 Å². The summed E-state index contributed by atoms with van der Waals surface area (Å²) in [5.74, 6) is 0. The summed E-state index contributed by atoms with van der Waals surface area (Å²) in [6.07, 6.45) is 21.1. The molecule has 3 aliphatic rings. The Bertz CT molecular complexity index is 3170. The Morgan fingerprint density at radius 1 is 0.323 bits per heavy atom. The summed E-state index contributed by atoms with van der Waals surface area (Å²) in [6.45, 7) is 10.5. The second-order valence-electron chi connectivity index (χ2n) is 16.2. The fourth-order valence-corrected chi connectivity index (χ4v) is 9.67. The Balaban J connectivity index is 0.000000325. The minimum atomic E-state index is -0.358. The molecule has 0 heteroatoms. The predicted octanol–water partition coefficient (Wildman–Crippen LogP) is 16.9. The molecule has 0 N–H and O–H groups in total. The van der Waals surface area contributed by atoms with E-state index in [0.717, 1.165) is 0 Å². The van der Waals surface area contributed by atoms with Crippen molar-refractivity contribution in [1.82, 2.24) is 0 Å². The Kier molecular flexibility index (Phi) is 11.2. The van der Waals surface area contributed by atoms with Crippen LogP contribution in [0.15, 0.2) is 230 Å². The lowest BCUT2D eigenvalue weighted by molar-refractivity contribution is 0.795. The molecule has 1 atom stereocenters. The number of hydrogen-bond donors (Lipinski definition) is 0. The number of fused-ring (bicyclic) bond motifs is 12. The second-order valence-corrected chi connectivity index (χ2v) is 16.2. The molecule has 0 radical (unpaired) electrons. The van der Waals surface area contributed by atoms with Crippen molar-refractivity contribution in [1.29, 1.82) is 0 Å². The van der Waals surface area contributed by atoms with Crippen LogP contribution < -0.4 is 0 Å². The summed E-state index contributed by atoms with van der Waals surface area (Å²) in [5, 5.41) is 5.21. The highest BCUT2D eigenvalue weighted by atomic mass is 14.5. The quantitative estimate of drug-likeness (QED) is 0.163. The first-order chi connectivity index (χ1) is 30.5. The molecule has 0 nitrogen and oxygen atoms in total. The van der Waals surface area contributed by atoms with E-state index in [4.69, 9.17) is 0 Å². The van der Waals surface area contributed by atoms with E-state index in [2.05, 4.69) is 239 Å². The topological polar surface area (TPSA) is 0 Å². The Morgan fingerprint density at radius 2 is 0.806 bits per heavy atom. The summed E-state index contributed by atoms with van der Waals surface area (Å²) < 4.78 is 0. The average Bonchev–Trinajstić information content (AvgIpc) is 3.77. The van der Waals surface area contributed by atoms with Crippen LogP contribution in [0.5, 0.6) is 0 Å². The van der Waals surface area contributed by atoms with E-state index >= 15 is 0 Å². The zero-order valence-corrected chi connectivity index (χ0v) is 36.4. The van der Waals surface area contributed by atoms with Crippen LogP contribution in [-0.4, -0.2) is 0 Å². The molecule has 300 valence electrons. The van der Waals surface area contributed by atoms with E-state index in [1.807, 2.05) is 19.9 Å². The highest BCUT2D eigenvalue weighted by Gasteiger charge is 2.51. The van der Waals surface area contributed by atoms with Crippen LogP contribution in [0.1, 0.15) is 59.7 Å². The lowest BCUT2D eigenvalue weighted by Gasteiger charge is -2.30. The lowest BCUT2D eigenvalue weighted by atomic mass is 9.70. The van der Waals surface area contributed by atoms with Gasteiger partial charge in [-0.1, -0.05) is 220 Å². The molecule has 62 heavy (non-hydrogen) atoms. The van der Waals surface area contributed by atoms with Crippen LogP contribution in [0.4, 0.5) is 0 Å². The summed E-state index contributed by atoms with van der Waals surface area (Å²) in [6, 6.07) is 60.8. The van der Waals surface area contributed by atoms with E-state index in [9.17, 15) is 0 Å². The van der Waals surface area contributed by atoms with E-state index in [1.54, 1.807) is 0 Å². The van der Waals surface area contributed by atoms with Crippen LogP contribution in [0.25, 0.3) is 60.5 Å². The lowest BCUT2D eigenvalue weighted by Crippen LogP contribution is -2.25. The van der Waals surface area contributed by atoms with Gasteiger partial charge in [-0.15, -0.1) is 0 Å². The van der Waals surface area contributed by atoms with E-state index in [-0.39, 0.29) is 5.41 Å². The van der Waals surface area contributed by atoms with Gasteiger partial charge in [-0.3, -0.25) is 0 Å². The molecule has 0 aliphatic heterocycles. The van der Waals surface area contributed by atoms with Crippen LogP contribution >= 0.6 is 0 Å². The van der Waals surface area contributed by atoms with Crippen molar-refractivity contribution in [3.63, 3.8) is 0 Å². The number of hydrogen-bond acceptors (Lipinski definition) is 0. The molecule has 0 amide bonds. The molecule has 0 heterocycles.